The maximum atomic E-state index is 12.2. The number of quaternary nitrogens is 1. The Morgan fingerprint density at radius 3 is 2.17 bits per heavy atom. The van der Waals surface area contributed by atoms with Crippen molar-refractivity contribution in [3.63, 3.8) is 0 Å². The van der Waals surface area contributed by atoms with Crippen LogP contribution < -0.4 is 0 Å². The molecule has 6 nitrogen and oxygen atoms in total. The van der Waals surface area contributed by atoms with E-state index in [1.807, 2.05) is 0 Å². The third-order valence-electron chi connectivity index (χ3n) is 2.97. The number of hydrogen-bond donors (Lipinski definition) is 0. The summed E-state index contributed by atoms with van der Waals surface area (Å²) in [5, 5.41) is 0. The Kier molecular flexibility index (Phi) is 3.81. The highest BCUT2D eigenvalue weighted by Gasteiger charge is 2.63. The Balaban J connectivity index is 3.18. The zero-order valence-corrected chi connectivity index (χ0v) is 11.5. The minimum absolute atomic E-state index is 0.176. The van der Waals surface area contributed by atoms with E-state index < -0.39 is 34.2 Å². The van der Waals surface area contributed by atoms with Crippen LogP contribution in [0.1, 0.15) is 40.5 Å². The summed E-state index contributed by atoms with van der Waals surface area (Å²) in [6.45, 7) is 6.73. The molecule has 1 unspecified atom stereocenters. The van der Waals surface area contributed by atoms with Crippen molar-refractivity contribution in [1.82, 2.24) is 0 Å². The second kappa shape index (κ2) is 4.68. The monoisotopic (exact) mass is 258 g/mol. The van der Waals surface area contributed by atoms with Gasteiger partial charge < -0.3 is 9.47 Å². The van der Waals surface area contributed by atoms with Gasteiger partial charge in [0.15, 0.2) is 0 Å². The van der Waals surface area contributed by atoms with Crippen LogP contribution in [0.25, 0.3) is 0 Å². The van der Waals surface area contributed by atoms with Crippen molar-refractivity contribution in [3.8, 4) is 0 Å². The summed E-state index contributed by atoms with van der Waals surface area (Å²) in [6, 6.07) is -0.459. The predicted octanol–water partition coefficient (Wildman–Crippen LogP) is 2.21. The van der Waals surface area contributed by atoms with Gasteiger partial charge in [-0.25, -0.2) is 4.79 Å². The number of imide groups is 3. The molecule has 0 bridgehead atoms. The fraction of sp³-hybridized carbons (Fsp3) is 0.750. The lowest BCUT2D eigenvalue weighted by Gasteiger charge is -2.30. The maximum Gasteiger partial charge on any atom is 0.535 e. The lowest BCUT2D eigenvalue weighted by Crippen LogP contribution is -2.62. The highest BCUT2D eigenvalue weighted by atomic mass is 16.6. The van der Waals surface area contributed by atoms with E-state index >= 15 is 0 Å². The van der Waals surface area contributed by atoms with Crippen LogP contribution in [0.2, 0.25) is 0 Å². The topological polar surface area (TPSA) is 69.7 Å². The van der Waals surface area contributed by atoms with Crippen LogP contribution in [0, 0.1) is 0 Å². The Bertz CT molecular complexity index is 384. The Morgan fingerprint density at radius 2 is 1.83 bits per heavy atom. The number of carbonyl (C=O) groups excluding carboxylic acids is 3. The van der Waals surface area contributed by atoms with E-state index in [9.17, 15) is 14.4 Å². The molecule has 1 aliphatic rings. The summed E-state index contributed by atoms with van der Waals surface area (Å²) in [4.78, 5) is 36.1. The molecule has 0 aliphatic carbocycles. The lowest BCUT2D eigenvalue weighted by atomic mass is 10.2. The predicted molar refractivity (Wildman–Crippen MR) is 62.6 cm³/mol. The van der Waals surface area contributed by atoms with Crippen LogP contribution >= 0.6 is 0 Å². The van der Waals surface area contributed by atoms with Crippen LogP contribution in [0.5, 0.6) is 0 Å². The summed E-state index contributed by atoms with van der Waals surface area (Å²) >= 11 is 0. The van der Waals surface area contributed by atoms with Gasteiger partial charge in [0, 0.05) is 6.42 Å². The molecule has 1 rings (SSSR count). The molecule has 0 spiro atoms. The number of carbonyl (C=O) groups is 3. The summed E-state index contributed by atoms with van der Waals surface area (Å²) in [5.41, 5.74) is -0.765. The molecule has 1 heterocycles. The quantitative estimate of drug-likeness (QED) is 0.623. The molecule has 0 N–H and O–H groups in total. The van der Waals surface area contributed by atoms with Gasteiger partial charge in [0.2, 0.25) is 0 Å². The van der Waals surface area contributed by atoms with Crippen LogP contribution in [-0.4, -0.2) is 41.3 Å². The summed E-state index contributed by atoms with van der Waals surface area (Å²) in [5.74, 6) is -0.469. The largest absolute Gasteiger partial charge is 0.535 e. The molecular weight excluding hydrogens is 238 g/mol. The normalized spacial score (nSPS) is 28.1. The molecule has 102 valence electrons. The molecule has 2 atom stereocenters. The molecule has 1 aliphatic heterocycles. The Labute approximate surface area is 106 Å². The number of likely N-dealkylation sites (tertiary alicyclic amines) is 1. The minimum atomic E-state index is -0.992. The first-order valence-corrected chi connectivity index (χ1v) is 5.90. The molecular formula is C12H20NO5+. The Morgan fingerprint density at radius 1 is 1.28 bits per heavy atom. The lowest BCUT2D eigenvalue weighted by molar-refractivity contribution is -0.726. The van der Waals surface area contributed by atoms with Gasteiger partial charge in [-0.05, 0) is 27.7 Å². The third-order valence-corrected chi connectivity index (χ3v) is 2.97. The standard InChI is InChI=1S/C12H20NO5/c1-8-6-7-9(14)13(8,10(15)17-5)11(16)18-12(2,3)4/h8H,6-7H2,1-5H3/q+1/t8-,13?/m1/s1. The van der Waals surface area contributed by atoms with Crippen LogP contribution in [0.15, 0.2) is 0 Å². The van der Waals surface area contributed by atoms with Crippen LogP contribution in [0.3, 0.4) is 0 Å². The Hall–Kier alpha value is -1.43. The third kappa shape index (κ3) is 2.25. The highest BCUT2D eigenvalue weighted by Crippen LogP contribution is 2.32. The molecule has 18 heavy (non-hydrogen) atoms. The number of amides is 3. The van der Waals surface area contributed by atoms with E-state index in [1.54, 1.807) is 27.7 Å². The van der Waals surface area contributed by atoms with Crippen LogP contribution in [0.4, 0.5) is 9.59 Å². The molecule has 1 saturated heterocycles. The SMILES string of the molecule is COC(=O)[N+]1(C(=O)OC(C)(C)C)C(=O)CC[C@H]1C. The van der Waals surface area contributed by atoms with E-state index in [-0.39, 0.29) is 6.42 Å². The first kappa shape index (κ1) is 14.6. The number of ether oxygens (including phenoxy) is 2. The van der Waals surface area contributed by atoms with Gasteiger partial charge in [0.1, 0.15) is 11.6 Å². The number of rotatable bonds is 0. The molecule has 0 aromatic rings. The smallest absolute Gasteiger partial charge is 0.423 e. The first-order valence-electron chi connectivity index (χ1n) is 5.90. The minimum Gasteiger partial charge on any atom is -0.423 e. The zero-order valence-electron chi connectivity index (χ0n) is 11.5. The van der Waals surface area contributed by atoms with Crippen molar-refractivity contribution in [3.05, 3.63) is 0 Å². The van der Waals surface area contributed by atoms with Gasteiger partial charge in [-0.15, -0.1) is 0 Å². The number of methoxy groups -OCH3 is 1. The molecule has 6 heteroatoms. The molecule has 0 aromatic carbocycles. The summed E-state index contributed by atoms with van der Waals surface area (Å²) in [6.07, 6.45) is -1.09. The molecule has 0 aromatic heterocycles. The van der Waals surface area contributed by atoms with Gasteiger partial charge in [0.25, 0.3) is 0 Å². The molecule has 0 radical (unpaired) electrons. The van der Waals surface area contributed by atoms with Crippen molar-refractivity contribution >= 4 is 18.1 Å². The van der Waals surface area contributed by atoms with E-state index in [1.165, 1.54) is 0 Å². The average Bonchev–Trinajstić information content (AvgIpc) is 2.52. The molecule has 0 saturated carbocycles. The maximum absolute atomic E-state index is 12.2. The van der Waals surface area contributed by atoms with E-state index in [4.69, 9.17) is 4.74 Å². The highest BCUT2D eigenvalue weighted by molar-refractivity contribution is 5.94. The van der Waals surface area contributed by atoms with E-state index in [0.717, 1.165) is 7.11 Å². The van der Waals surface area contributed by atoms with Crippen molar-refractivity contribution in [2.75, 3.05) is 7.11 Å². The first-order chi connectivity index (χ1) is 8.16. The van der Waals surface area contributed by atoms with Gasteiger partial charge in [-0.1, -0.05) is 4.48 Å². The van der Waals surface area contributed by atoms with Crippen LogP contribution in [-0.2, 0) is 14.3 Å². The fourth-order valence-corrected chi connectivity index (χ4v) is 2.06. The molecule has 1 fully saturated rings. The van der Waals surface area contributed by atoms with Crippen molar-refractivity contribution in [1.29, 1.82) is 0 Å². The van der Waals surface area contributed by atoms with E-state index in [0.29, 0.717) is 6.42 Å². The fourth-order valence-electron chi connectivity index (χ4n) is 2.06. The zero-order chi connectivity index (χ0) is 14.1. The van der Waals surface area contributed by atoms with Crippen molar-refractivity contribution in [2.24, 2.45) is 0 Å². The van der Waals surface area contributed by atoms with Crippen molar-refractivity contribution < 1.29 is 28.3 Å². The summed E-state index contributed by atoms with van der Waals surface area (Å²) < 4.78 is 8.83. The summed E-state index contributed by atoms with van der Waals surface area (Å²) in [7, 11) is 1.16. The van der Waals surface area contributed by atoms with Gasteiger partial charge in [-0.2, -0.15) is 9.59 Å². The van der Waals surface area contributed by atoms with Gasteiger partial charge >= 0.3 is 18.1 Å². The number of nitrogens with zero attached hydrogens (tertiary/aromatic N) is 1. The molecule has 3 amide bonds. The van der Waals surface area contributed by atoms with Gasteiger partial charge in [0.05, 0.1) is 13.5 Å². The van der Waals surface area contributed by atoms with Crippen molar-refractivity contribution in [2.45, 2.75) is 52.2 Å². The second-order valence-electron chi connectivity index (χ2n) is 5.45. The average molecular weight is 258 g/mol. The number of hydrogen-bond acceptors (Lipinski definition) is 5. The van der Waals surface area contributed by atoms with Gasteiger partial charge in [-0.3, -0.25) is 0 Å². The second-order valence-corrected chi connectivity index (χ2v) is 5.45. The van der Waals surface area contributed by atoms with E-state index in [2.05, 4.69) is 4.74 Å².